The van der Waals surface area contributed by atoms with Gasteiger partial charge < -0.3 is 5.32 Å². The number of likely N-dealkylation sites (tertiary alicyclic amines) is 1. The van der Waals surface area contributed by atoms with E-state index in [9.17, 15) is 18.0 Å². The lowest BCUT2D eigenvalue weighted by Crippen LogP contribution is -2.61. The van der Waals surface area contributed by atoms with Gasteiger partial charge in [0.25, 0.3) is 0 Å². The van der Waals surface area contributed by atoms with Gasteiger partial charge in [0.05, 0.1) is 6.17 Å². The van der Waals surface area contributed by atoms with Gasteiger partial charge in [-0.2, -0.15) is 13.2 Å². The molecule has 122 valence electrons. The third-order valence-corrected chi connectivity index (χ3v) is 4.43. The smallest absolute Gasteiger partial charge is 0.354 e. The van der Waals surface area contributed by atoms with Crippen LogP contribution >= 0.6 is 0 Å². The van der Waals surface area contributed by atoms with Gasteiger partial charge in [-0.1, -0.05) is 0 Å². The highest BCUT2D eigenvalue weighted by atomic mass is 19.4. The molecular weight excluding hydrogens is 283 g/mol. The lowest BCUT2D eigenvalue weighted by atomic mass is 10.0. The minimum atomic E-state index is -4.32. The SMILES string of the molecule is CC(C)N1CCCCC1N1CCC(=O)NCC1C(F)(F)F. The molecule has 2 aliphatic rings. The number of amides is 1. The van der Waals surface area contributed by atoms with Crippen molar-refractivity contribution in [3.63, 3.8) is 0 Å². The number of rotatable bonds is 2. The van der Waals surface area contributed by atoms with Gasteiger partial charge in [0.1, 0.15) is 6.04 Å². The van der Waals surface area contributed by atoms with Crippen molar-refractivity contribution in [3.8, 4) is 0 Å². The highest BCUT2D eigenvalue weighted by Gasteiger charge is 2.48. The van der Waals surface area contributed by atoms with Crippen molar-refractivity contribution >= 4 is 5.91 Å². The molecule has 0 spiro atoms. The second kappa shape index (κ2) is 6.52. The molecule has 21 heavy (non-hydrogen) atoms. The number of carbonyl (C=O) groups excluding carboxylic acids is 1. The second-order valence-electron chi connectivity index (χ2n) is 6.16. The van der Waals surface area contributed by atoms with Crippen LogP contribution in [-0.4, -0.2) is 59.8 Å². The van der Waals surface area contributed by atoms with Gasteiger partial charge in [0.15, 0.2) is 0 Å². The summed E-state index contributed by atoms with van der Waals surface area (Å²) in [6.45, 7) is 4.68. The van der Waals surface area contributed by atoms with E-state index in [1.165, 1.54) is 4.90 Å². The van der Waals surface area contributed by atoms with Crippen LogP contribution in [0.25, 0.3) is 0 Å². The normalized spacial score (nSPS) is 30.3. The lowest BCUT2D eigenvalue weighted by Gasteiger charge is -2.47. The van der Waals surface area contributed by atoms with Crippen molar-refractivity contribution in [2.45, 2.75) is 64.0 Å². The topological polar surface area (TPSA) is 35.6 Å². The van der Waals surface area contributed by atoms with Crippen molar-refractivity contribution in [1.29, 1.82) is 0 Å². The molecule has 0 aromatic carbocycles. The van der Waals surface area contributed by atoms with E-state index < -0.39 is 12.2 Å². The predicted molar refractivity (Wildman–Crippen MR) is 73.7 cm³/mol. The summed E-state index contributed by atoms with van der Waals surface area (Å²) in [6, 6.07) is -1.38. The minimum Gasteiger partial charge on any atom is -0.354 e. The summed E-state index contributed by atoms with van der Waals surface area (Å²) in [5, 5.41) is 2.40. The van der Waals surface area contributed by atoms with Crippen molar-refractivity contribution in [2.24, 2.45) is 0 Å². The van der Waals surface area contributed by atoms with E-state index in [0.29, 0.717) is 0 Å². The fourth-order valence-corrected chi connectivity index (χ4v) is 3.36. The van der Waals surface area contributed by atoms with E-state index in [1.807, 2.05) is 13.8 Å². The number of hydrogen-bond donors (Lipinski definition) is 1. The summed E-state index contributed by atoms with van der Waals surface area (Å²) in [5.74, 6) is -0.293. The monoisotopic (exact) mass is 307 g/mol. The van der Waals surface area contributed by atoms with Gasteiger partial charge in [-0.25, -0.2) is 0 Å². The molecule has 0 bridgehead atoms. The Morgan fingerprint density at radius 2 is 1.95 bits per heavy atom. The van der Waals surface area contributed by atoms with Crippen molar-refractivity contribution < 1.29 is 18.0 Å². The Labute approximate surface area is 123 Å². The Hall–Kier alpha value is -0.820. The molecule has 2 rings (SSSR count). The summed E-state index contributed by atoms with van der Waals surface area (Å²) >= 11 is 0. The summed E-state index contributed by atoms with van der Waals surface area (Å²) in [7, 11) is 0. The molecular formula is C14H24F3N3O. The van der Waals surface area contributed by atoms with Gasteiger partial charge in [-0.3, -0.25) is 14.6 Å². The average Bonchev–Trinajstić information content (AvgIpc) is 2.60. The van der Waals surface area contributed by atoms with Crippen LogP contribution in [0.5, 0.6) is 0 Å². The first-order valence-corrected chi connectivity index (χ1v) is 7.65. The van der Waals surface area contributed by atoms with E-state index in [4.69, 9.17) is 0 Å². The van der Waals surface area contributed by atoms with Crippen LogP contribution in [0.2, 0.25) is 0 Å². The first-order valence-electron chi connectivity index (χ1n) is 7.65. The molecule has 0 aromatic rings. The van der Waals surface area contributed by atoms with Crippen LogP contribution in [0.1, 0.15) is 39.5 Å². The summed E-state index contributed by atoms with van der Waals surface area (Å²) < 4.78 is 40.1. The van der Waals surface area contributed by atoms with Gasteiger partial charge >= 0.3 is 6.18 Å². The maximum Gasteiger partial charge on any atom is 0.405 e. The maximum atomic E-state index is 13.4. The summed E-state index contributed by atoms with van der Waals surface area (Å²) in [4.78, 5) is 15.1. The van der Waals surface area contributed by atoms with Crippen molar-refractivity contribution in [2.75, 3.05) is 19.6 Å². The molecule has 1 N–H and O–H groups in total. The van der Waals surface area contributed by atoms with E-state index >= 15 is 0 Å². The number of carbonyl (C=O) groups is 1. The molecule has 2 saturated heterocycles. The number of hydrogen-bond acceptors (Lipinski definition) is 3. The number of alkyl halides is 3. The molecule has 1 amide bonds. The van der Waals surface area contributed by atoms with Crippen LogP contribution in [0.15, 0.2) is 0 Å². The molecule has 2 fully saturated rings. The number of piperidine rings is 1. The van der Waals surface area contributed by atoms with Crippen molar-refractivity contribution in [3.05, 3.63) is 0 Å². The number of halogens is 3. The highest BCUT2D eigenvalue weighted by Crippen LogP contribution is 2.32. The average molecular weight is 307 g/mol. The van der Waals surface area contributed by atoms with Crippen LogP contribution in [0.3, 0.4) is 0 Å². The van der Waals surface area contributed by atoms with Gasteiger partial charge in [-0.05, 0) is 39.7 Å². The standard InChI is InChI=1S/C14H24F3N3O/c1-10(2)19-7-4-3-5-13(19)20-8-6-12(21)18-9-11(20)14(15,16)17/h10-11,13H,3-9H2,1-2H3,(H,18,21). The molecule has 2 aliphatic heterocycles. The van der Waals surface area contributed by atoms with E-state index in [0.717, 1.165) is 25.8 Å². The largest absolute Gasteiger partial charge is 0.405 e. The van der Waals surface area contributed by atoms with Gasteiger partial charge in [0.2, 0.25) is 5.91 Å². The molecule has 0 saturated carbocycles. The van der Waals surface area contributed by atoms with Crippen LogP contribution in [-0.2, 0) is 4.79 Å². The van der Waals surface area contributed by atoms with Crippen LogP contribution in [0, 0.1) is 0 Å². The fraction of sp³-hybridized carbons (Fsp3) is 0.929. The van der Waals surface area contributed by atoms with Gasteiger partial charge in [0, 0.05) is 25.6 Å². The minimum absolute atomic E-state index is 0.134. The molecule has 0 aliphatic carbocycles. The molecule has 2 unspecified atom stereocenters. The summed E-state index contributed by atoms with van der Waals surface area (Å²) in [6.07, 6.45) is -1.71. The molecule has 7 heteroatoms. The Bertz CT molecular complexity index is 373. The quantitative estimate of drug-likeness (QED) is 0.847. The van der Waals surface area contributed by atoms with Crippen LogP contribution in [0.4, 0.5) is 13.2 Å². The van der Waals surface area contributed by atoms with E-state index in [2.05, 4.69) is 10.2 Å². The first-order chi connectivity index (χ1) is 9.80. The maximum absolute atomic E-state index is 13.4. The number of nitrogens with zero attached hydrogens (tertiary/aromatic N) is 2. The van der Waals surface area contributed by atoms with Crippen molar-refractivity contribution in [1.82, 2.24) is 15.1 Å². The first kappa shape index (κ1) is 16.5. The molecule has 2 atom stereocenters. The molecule has 0 aromatic heterocycles. The molecule has 2 heterocycles. The summed E-state index contributed by atoms with van der Waals surface area (Å²) in [5.41, 5.74) is 0. The molecule has 4 nitrogen and oxygen atoms in total. The van der Waals surface area contributed by atoms with E-state index in [-0.39, 0.29) is 37.6 Å². The van der Waals surface area contributed by atoms with Gasteiger partial charge in [-0.15, -0.1) is 0 Å². The zero-order chi connectivity index (χ0) is 15.6. The van der Waals surface area contributed by atoms with E-state index in [1.54, 1.807) is 0 Å². The Kier molecular flexibility index (Phi) is 5.14. The Balaban J connectivity index is 2.24. The lowest BCUT2D eigenvalue weighted by molar-refractivity contribution is -0.199. The second-order valence-corrected chi connectivity index (χ2v) is 6.16. The molecule has 0 radical (unpaired) electrons. The Morgan fingerprint density at radius 1 is 1.24 bits per heavy atom. The fourth-order valence-electron chi connectivity index (χ4n) is 3.36. The third-order valence-electron chi connectivity index (χ3n) is 4.43. The number of nitrogens with one attached hydrogen (secondary N) is 1. The zero-order valence-electron chi connectivity index (χ0n) is 12.6. The highest BCUT2D eigenvalue weighted by molar-refractivity contribution is 5.76. The van der Waals surface area contributed by atoms with Crippen LogP contribution < -0.4 is 5.32 Å². The third kappa shape index (κ3) is 3.88. The zero-order valence-corrected chi connectivity index (χ0v) is 12.6. The Morgan fingerprint density at radius 3 is 2.57 bits per heavy atom. The predicted octanol–water partition coefficient (Wildman–Crippen LogP) is 1.96.